The molecule has 1 aliphatic carbocycles. The first-order chi connectivity index (χ1) is 37.6. The van der Waals surface area contributed by atoms with Crippen molar-refractivity contribution in [3.05, 3.63) is 41.7 Å². The summed E-state index contributed by atoms with van der Waals surface area (Å²) in [6.07, 6.45) is 8.03. The van der Waals surface area contributed by atoms with Gasteiger partial charge in [-0.05, 0) is 106 Å². The Hall–Kier alpha value is -4.85. The summed E-state index contributed by atoms with van der Waals surface area (Å²) in [5.74, 6) is 0.184. The second kappa shape index (κ2) is 21.6. The van der Waals surface area contributed by atoms with E-state index in [1.807, 2.05) is 0 Å². The Morgan fingerprint density at radius 1 is 0.910 bits per heavy atom. The third kappa shape index (κ3) is 10.7. The number of carbonyl (C=O) groups is 4. The zero-order valence-electron chi connectivity index (χ0n) is 47.6. The molecule has 7 saturated heterocycles. The molecule has 8 fully saturated rings. The minimum absolute atomic E-state index is 0.0317. The van der Waals surface area contributed by atoms with Crippen LogP contribution in [0, 0.1) is 22.7 Å². The molecular weight excluding hydrogens is 987 g/mol. The molecule has 18 heteroatoms. The summed E-state index contributed by atoms with van der Waals surface area (Å²) < 4.78 is 21.3. The fraction of sp³-hybridized carbons (Fsp3) is 0.717. The van der Waals surface area contributed by atoms with Crippen molar-refractivity contribution in [1.29, 1.82) is 0 Å². The van der Waals surface area contributed by atoms with Crippen LogP contribution < -0.4 is 25.9 Å². The Balaban J connectivity index is 0.844. The van der Waals surface area contributed by atoms with Gasteiger partial charge in [0, 0.05) is 117 Å². The summed E-state index contributed by atoms with van der Waals surface area (Å²) in [5, 5.41) is 9.48. The number of amides is 3. The van der Waals surface area contributed by atoms with Crippen LogP contribution >= 0.6 is 0 Å². The van der Waals surface area contributed by atoms with Crippen molar-refractivity contribution in [3.63, 3.8) is 0 Å². The van der Waals surface area contributed by atoms with Gasteiger partial charge in [-0.2, -0.15) is 0 Å². The minimum Gasteiger partial charge on any atom is -0.464 e. The summed E-state index contributed by atoms with van der Waals surface area (Å²) in [4.78, 5) is 74.9. The topological polar surface area (TPSA) is 179 Å². The smallest absolute Gasteiger partial charge is 0.324 e. The highest BCUT2D eigenvalue weighted by atomic mass is 16.5. The van der Waals surface area contributed by atoms with Gasteiger partial charge in [0.2, 0.25) is 11.8 Å². The number of aromatic nitrogens is 2. The van der Waals surface area contributed by atoms with Gasteiger partial charge in [-0.25, -0.2) is 5.43 Å². The number of pyridine rings is 1. The van der Waals surface area contributed by atoms with Crippen molar-refractivity contribution in [2.75, 3.05) is 108 Å². The fourth-order valence-electron chi connectivity index (χ4n) is 14.7. The number of rotatable bonds is 10. The van der Waals surface area contributed by atoms with E-state index in [1.165, 1.54) is 18.4 Å². The Bertz CT molecular complexity index is 2760. The Kier molecular flexibility index (Phi) is 14.9. The largest absolute Gasteiger partial charge is 0.464 e. The van der Waals surface area contributed by atoms with Gasteiger partial charge in [-0.1, -0.05) is 41.5 Å². The lowest BCUT2D eigenvalue weighted by molar-refractivity contribution is -0.156. The van der Waals surface area contributed by atoms with Crippen LogP contribution in [0.15, 0.2) is 30.5 Å². The van der Waals surface area contributed by atoms with E-state index in [4.69, 9.17) is 19.2 Å². The Morgan fingerprint density at radius 2 is 1.73 bits per heavy atom. The molecule has 3 aromatic rings. The molecule has 1 spiro atoms. The number of fused-ring (bicyclic) bond motifs is 7. The van der Waals surface area contributed by atoms with Crippen LogP contribution in [0.2, 0.25) is 0 Å². The molecule has 1 saturated carbocycles. The number of cyclic esters (lactones) is 1. The number of likely N-dealkylation sites (tertiary alicyclic amines) is 2. The first-order valence-corrected chi connectivity index (χ1v) is 30.0. The fourth-order valence-corrected chi connectivity index (χ4v) is 14.7. The normalized spacial score (nSPS) is 30.5. The van der Waals surface area contributed by atoms with Crippen LogP contribution in [0.1, 0.15) is 111 Å². The second-order valence-electron chi connectivity index (χ2n) is 26.2. The maximum absolute atomic E-state index is 15.0. The molecule has 424 valence electrons. The number of aryl methyl sites for hydroxylation is 1. The first kappa shape index (κ1) is 53.8. The average Bonchev–Trinajstić information content (AvgIpc) is 4.52. The third-order valence-corrected chi connectivity index (χ3v) is 19.1. The van der Waals surface area contributed by atoms with Crippen LogP contribution in [0.25, 0.3) is 22.2 Å². The summed E-state index contributed by atoms with van der Waals surface area (Å²) in [5.41, 5.74) is 10.7. The number of hydrazine groups is 1. The molecule has 0 unspecified atom stereocenters. The lowest BCUT2D eigenvalue weighted by Gasteiger charge is -2.44. The van der Waals surface area contributed by atoms with E-state index in [9.17, 15) is 14.4 Å². The molecule has 2 aromatic heterocycles. The highest BCUT2D eigenvalue weighted by Gasteiger charge is 2.55. The molecule has 3 amide bonds. The molecular formula is C60H87N11O7. The minimum atomic E-state index is -0.917. The highest BCUT2D eigenvalue weighted by Crippen LogP contribution is 2.46. The first-order valence-electron chi connectivity index (χ1n) is 30.0. The second-order valence-corrected chi connectivity index (χ2v) is 26.2. The summed E-state index contributed by atoms with van der Waals surface area (Å²) in [6.45, 7) is 26.5. The molecule has 10 heterocycles. The number of nitrogens with zero attached hydrogens (tertiary/aromatic N) is 8. The lowest BCUT2D eigenvalue weighted by atomic mass is 9.84. The third-order valence-electron chi connectivity index (χ3n) is 19.1. The zero-order chi connectivity index (χ0) is 54.2. The SMILES string of the molecule is CCn1c(-c2cc(N3CCN4CCOC[C@@H]4C3)cnc2C(C)C)c2c3cc(ccc31)N1CCO[C@@H](C[C@H](NC(=O)[C@H](C(C)C)N3CC[C@]4(CCN(C(=O)[C@@H]5N[C@@H]5C5CC5)C4)C3)C(=O)N3CCC[C@H](N3)C(=O)OCC(C)(C)C2)C1. The van der Waals surface area contributed by atoms with Gasteiger partial charge in [-0.3, -0.25) is 44.3 Å². The van der Waals surface area contributed by atoms with Gasteiger partial charge in [0.15, 0.2) is 0 Å². The molecule has 1 aromatic carbocycles. The van der Waals surface area contributed by atoms with Crippen molar-refractivity contribution in [2.24, 2.45) is 22.7 Å². The van der Waals surface area contributed by atoms with Crippen molar-refractivity contribution >= 4 is 46.0 Å². The number of nitrogens with one attached hydrogen (secondary N) is 3. The van der Waals surface area contributed by atoms with Crippen LogP contribution in [0.3, 0.4) is 0 Å². The maximum atomic E-state index is 15.0. The number of carbonyl (C=O) groups excluding carboxylic acids is 4. The van der Waals surface area contributed by atoms with Gasteiger partial charge in [0.1, 0.15) is 18.1 Å². The lowest BCUT2D eigenvalue weighted by Crippen LogP contribution is -2.62. The van der Waals surface area contributed by atoms with Gasteiger partial charge in [-0.15, -0.1) is 0 Å². The number of hydrogen-bond donors (Lipinski definition) is 3. The number of esters is 1. The Morgan fingerprint density at radius 3 is 2.53 bits per heavy atom. The van der Waals surface area contributed by atoms with Crippen molar-refractivity contribution < 1.29 is 33.4 Å². The molecule has 6 bridgehead atoms. The number of anilines is 2. The number of morpholine rings is 2. The average molecular weight is 1070 g/mol. The molecule has 0 radical (unpaired) electrons. The van der Waals surface area contributed by atoms with E-state index in [1.54, 1.807) is 5.01 Å². The van der Waals surface area contributed by atoms with Crippen molar-refractivity contribution in [2.45, 2.75) is 155 Å². The number of benzene rings is 1. The number of hydrogen-bond acceptors (Lipinski definition) is 14. The predicted octanol–water partition coefficient (Wildman–Crippen LogP) is 4.77. The van der Waals surface area contributed by atoms with E-state index in [0.717, 1.165) is 124 Å². The predicted molar refractivity (Wildman–Crippen MR) is 300 cm³/mol. The van der Waals surface area contributed by atoms with Crippen LogP contribution in [-0.4, -0.2) is 194 Å². The van der Waals surface area contributed by atoms with E-state index < -0.39 is 23.5 Å². The van der Waals surface area contributed by atoms with Crippen molar-refractivity contribution in [3.8, 4) is 11.3 Å². The molecule has 12 rings (SSSR count). The summed E-state index contributed by atoms with van der Waals surface area (Å²) >= 11 is 0. The monoisotopic (exact) mass is 1070 g/mol. The van der Waals surface area contributed by atoms with Crippen LogP contribution in [0.5, 0.6) is 0 Å². The van der Waals surface area contributed by atoms with Crippen LogP contribution in [-0.2, 0) is 46.4 Å². The van der Waals surface area contributed by atoms with Gasteiger partial charge < -0.3 is 38.8 Å². The van der Waals surface area contributed by atoms with E-state index in [-0.39, 0.29) is 66.1 Å². The van der Waals surface area contributed by atoms with E-state index >= 15 is 4.79 Å². The van der Waals surface area contributed by atoms with Crippen molar-refractivity contribution in [1.82, 2.24) is 45.3 Å². The number of ether oxygens (including phenoxy) is 3. The highest BCUT2D eigenvalue weighted by molar-refractivity contribution is 5.95. The zero-order valence-corrected chi connectivity index (χ0v) is 47.6. The molecule has 18 nitrogen and oxygen atoms in total. The van der Waals surface area contributed by atoms with Gasteiger partial charge in [0.05, 0.1) is 67.9 Å². The number of piperazine rings is 1. The van der Waals surface area contributed by atoms with Gasteiger partial charge >= 0.3 is 5.97 Å². The Labute approximate surface area is 461 Å². The quantitative estimate of drug-likeness (QED) is 0.187. The van der Waals surface area contributed by atoms with E-state index in [0.29, 0.717) is 63.5 Å². The van der Waals surface area contributed by atoms with Gasteiger partial charge in [0.25, 0.3) is 5.91 Å². The molecule has 9 aliphatic rings. The maximum Gasteiger partial charge on any atom is 0.324 e. The van der Waals surface area contributed by atoms with Crippen LogP contribution in [0.4, 0.5) is 11.4 Å². The molecule has 78 heavy (non-hydrogen) atoms. The molecule has 8 atom stereocenters. The summed E-state index contributed by atoms with van der Waals surface area (Å²) in [7, 11) is 0. The van der Waals surface area contributed by atoms with E-state index in [2.05, 4.69) is 124 Å². The molecule has 8 aliphatic heterocycles. The summed E-state index contributed by atoms with van der Waals surface area (Å²) in [6, 6.07) is 7.78. The standard InChI is InChI=1S/C60H87N11O7/c1-8-70-49-14-13-40-26-44(49)46(54(70)45-27-41(30-61-50(45)37(2)3)66-21-20-65-22-24-76-33-42(65)31-66)29-59(6,7)36-78-58(75)47-10-9-17-71(64-47)56(73)48(28-43-32-67(40)23-25-77-43)62-55(72)53(38(4)5)68-18-15-60(34-68)16-19-69(35-60)57(74)52-51(63-52)39-11-12-39/h13-14,26-27,30,37-39,42-43,47-48,51-53,63-64H,8-12,15-25,28-29,31-36H2,1-7H3,(H,62,72)/t42-,43-,47-,48-,51+,52+,53-,60-/m0/s1. The molecule has 3 N–H and O–H groups in total.